The van der Waals surface area contributed by atoms with Crippen LogP contribution in [0.25, 0.3) is 0 Å². The summed E-state index contributed by atoms with van der Waals surface area (Å²) in [5.41, 5.74) is 1.22. The molecule has 138 valence electrons. The van der Waals surface area contributed by atoms with Crippen molar-refractivity contribution in [2.24, 2.45) is 5.92 Å². The smallest absolute Gasteiger partial charge is 0.252 e. The molecule has 1 N–H and O–H groups in total. The van der Waals surface area contributed by atoms with Crippen molar-refractivity contribution in [3.8, 4) is 0 Å². The van der Waals surface area contributed by atoms with Gasteiger partial charge in [0, 0.05) is 38.9 Å². The number of anilines is 2. The number of hydrogen-bond donors (Lipinski definition) is 1. The molecule has 0 atom stereocenters. The van der Waals surface area contributed by atoms with Crippen molar-refractivity contribution in [1.82, 2.24) is 10.3 Å². The highest BCUT2D eigenvalue weighted by Crippen LogP contribution is 2.22. The van der Waals surface area contributed by atoms with Gasteiger partial charge in [0.2, 0.25) is 0 Å². The van der Waals surface area contributed by atoms with E-state index in [1.54, 1.807) is 18.3 Å². The van der Waals surface area contributed by atoms with Crippen molar-refractivity contribution in [1.29, 1.82) is 0 Å². The molecular weight excluding hydrogens is 331 g/mol. The molecule has 0 bridgehead atoms. The summed E-state index contributed by atoms with van der Waals surface area (Å²) in [7, 11) is 0. The Labute approximate surface area is 153 Å². The van der Waals surface area contributed by atoms with Gasteiger partial charge in [-0.25, -0.2) is 9.37 Å². The quantitative estimate of drug-likeness (QED) is 0.895. The van der Waals surface area contributed by atoms with Gasteiger partial charge < -0.3 is 15.1 Å². The van der Waals surface area contributed by atoms with E-state index in [4.69, 9.17) is 0 Å². The number of nitrogens with zero attached hydrogens (tertiary/aromatic N) is 3. The molecule has 3 rings (SSSR count). The van der Waals surface area contributed by atoms with Crippen LogP contribution >= 0.6 is 0 Å². The Balaban J connectivity index is 1.58. The number of carbonyl (C=O) groups is 1. The second-order valence-corrected chi connectivity index (χ2v) is 6.93. The lowest BCUT2D eigenvalue weighted by atomic mass is 10.2. The Morgan fingerprint density at radius 2 is 1.81 bits per heavy atom. The third kappa shape index (κ3) is 4.31. The number of amides is 1. The summed E-state index contributed by atoms with van der Waals surface area (Å²) in [6.45, 7) is 7.77. The molecule has 1 fully saturated rings. The van der Waals surface area contributed by atoms with Gasteiger partial charge >= 0.3 is 0 Å². The molecule has 0 radical (unpaired) electrons. The summed E-state index contributed by atoms with van der Waals surface area (Å²) in [6, 6.07) is 10.6. The van der Waals surface area contributed by atoms with Gasteiger partial charge in [0.25, 0.3) is 5.91 Å². The highest BCUT2D eigenvalue weighted by molar-refractivity contribution is 5.94. The van der Waals surface area contributed by atoms with Crippen LogP contribution in [0.15, 0.2) is 42.6 Å². The summed E-state index contributed by atoms with van der Waals surface area (Å²) in [6.07, 6.45) is 1.62. The van der Waals surface area contributed by atoms with Crippen LogP contribution in [0.2, 0.25) is 0 Å². The van der Waals surface area contributed by atoms with Crippen LogP contribution in [0.4, 0.5) is 15.9 Å². The van der Waals surface area contributed by atoms with Crippen LogP contribution < -0.4 is 15.1 Å². The van der Waals surface area contributed by atoms with Crippen LogP contribution in [-0.2, 0) is 0 Å². The molecule has 2 aromatic rings. The predicted octanol–water partition coefficient (Wildman–Crippen LogP) is 2.93. The Hall–Kier alpha value is -2.63. The fourth-order valence-electron chi connectivity index (χ4n) is 2.99. The van der Waals surface area contributed by atoms with Gasteiger partial charge in [0.05, 0.1) is 11.3 Å². The zero-order valence-corrected chi connectivity index (χ0v) is 15.3. The summed E-state index contributed by atoms with van der Waals surface area (Å²) in [5.74, 6) is 0.980. The van der Waals surface area contributed by atoms with Gasteiger partial charge in [0.1, 0.15) is 11.6 Å². The largest absolute Gasteiger partial charge is 0.366 e. The number of piperazine rings is 1. The number of aromatic nitrogens is 1. The molecule has 1 amide bonds. The molecule has 1 aliphatic rings. The third-order valence-electron chi connectivity index (χ3n) is 4.48. The average molecular weight is 356 g/mol. The third-order valence-corrected chi connectivity index (χ3v) is 4.48. The second kappa shape index (κ2) is 8.17. The number of nitrogens with one attached hydrogen (secondary N) is 1. The van der Waals surface area contributed by atoms with E-state index in [1.807, 2.05) is 18.2 Å². The normalized spacial score (nSPS) is 14.6. The molecule has 2 heterocycles. The minimum absolute atomic E-state index is 0.0953. The summed E-state index contributed by atoms with van der Waals surface area (Å²) in [4.78, 5) is 20.7. The molecule has 0 aliphatic carbocycles. The maximum Gasteiger partial charge on any atom is 0.252 e. The van der Waals surface area contributed by atoms with Gasteiger partial charge in [-0.3, -0.25) is 4.79 Å². The van der Waals surface area contributed by atoms with Crippen molar-refractivity contribution < 1.29 is 9.18 Å². The SMILES string of the molecule is CC(C)CNC(=O)c1ccc(N2CCN(c3ccccc3F)CC2)nc1. The van der Waals surface area contributed by atoms with Gasteiger partial charge in [0.15, 0.2) is 0 Å². The zero-order chi connectivity index (χ0) is 18.5. The Morgan fingerprint density at radius 1 is 1.12 bits per heavy atom. The predicted molar refractivity (Wildman–Crippen MR) is 102 cm³/mol. The number of halogens is 1. The fourth-order valence-corrected chi connectivity index (χ4v) is 2.99. The topological polar surface area (TPSA) is 48.5 Å². The zero-order valence-electron chi connectivity index (χ0n) is 15.3. The minimum Gasteiger partial charge on any atom is -0.366 e. The van der Waals surface area contributed by atoms with Crippen LogP contribution in [0, 0.1) is 11.7 Å². The van der Waals surface area contributed by atoms with Crippen LogP contribution in [-0.4, -0.2) is 43.6 Å². The molecule has 26 heavy (non-hydrogen) atoms. The lowest BCUT2D eigenvalue weighted by molar-refractivity contribution is 0.0948. The van der Waals surface area contributed by atoms with Crippen LogP contribution in [0.5, 0.6) is 0 Å². The summed E-state index contributed by atoms with van der Waals surface area (Å²) >= 11 is 0. The fraction of sp³-hybridized carbons (Fsp3) is 0.400. The van der Waals surface area contributed by atoms with E-state index in [0.29, 0.717) is 23.7 Å². The van der Waals surface area contributed by atoms with E-state index in [-0.39, 0.29) is 11.7 Å². The first-order valence-electron chi connectivity index (χ1n) is 9.03. The van der Waals surface area contributed by atoms with E-state index in [1.165, 1.54) is 6.07 Å². The van der Waals surface area contributed by atoms with Crippen LogP contribution in [0.1, 0.15) is 24.2 Å². The summed E-state index contributed by atoms with van der Waals surface area (Å²) in [5, 5.41) is 2.89. The van der Waals surface area contributed by atoms with Gasteiger partial charge in [-0.15, -0.1) is 0 Å². The molecular formula is C20H25FN4O. The van der Waals surface area contributed by atoms with Gasteiger partial charge in [-0.2, -0.15) is 0 Å². The Bertz CT molecular complexity index is 740. The van der Waals surface area contributed by atoms with E-state index in [0.717, 1.165) is 32.0 Å². The van der Waals surface area contributed by atoms with Crippen molar-refractivity contribution in [2.75, 3.05) is 42.5 Å². The molecule has 1 saturated heterocycles. The molecule has 0 saturated carbocycles. The van der Waals surface area contributed by atoms with Crippen LogP contribution in [0.3, 0.4) is 0 Å². The molecule has 0 unspecified atom stereocenters. The van der Waals surface area contributed by atoms with E-state index in [2.05, 4.69) is 33.9 Å². The van der Waals surface area contributed by atoms with Crippen molar-refractivity contribution in [3.05, 3.63) is 54.0 Å². The van der Waals surface area contributed by atoms with E-state index in [9.17, 15) is 9.18 Å². The summed E-state index contributed by atoms with van der Waals surface area (Å²) < 4.78 is 13.9. The number of para-hydroxylation sites is 1. The monoisotopic (exact) mass is 356 g/mol. The number of carbonyl (C=O) groups excluding carboxylic acids is 1. The van der Waals surface area contributed by atoms with Gasteiger partial charge in [-0.1, -0.05) is 26.0 Å². The Kier molecular flexibility index (Phi) is 5.71. The van der Waals surface area contributed by atoms with Gasteiger partial charge in [-0.05, 0) is 30.2 Å². The van der Waals surface area contributed by atoms with Crippen molar-refractivity contribution in [2.45, 2.75) is 13.8 Å². The molecule has 1 aromatic carbocycles. The standard InChI is InChI=1S/C20H25FN4O/c1-15(2)13-23-20(26)16-7-8-19(22-14-16)25-11-9-24(10-12-25)18-6-4-3-5-17(18)21/h3-8,14-15H,9-13H2,1-2H3,(H,23,26). The highest BCUT2D eigenvalue weighted by Gasteiger charge is 2.20. The first-order valence-corrected chi connectivity index (χ1v) is 9.03. The Morgan fingerprint density at radius 3 is 2.42 bits per heavy atom. The maximum absolute atomic E-state index is 13.9. The number of rotatable bonds is 5. The molecule has 1 aliphatic heterocycles. The first kappa shape index (κ1) is 18.2. The highest BCUT2D eigenvalue weighted by atomic mass is 19.1. The first-order chi connectivity index (χ1) is 12.5. The van der Waals surface area contributed by atoms with E-state index >= 15 is 0 Å². The number of hydrogen-bond acceptors (Lipinski definition) is 4. The second-order valence-electron chi connectivity index (χ2n) is 6.93. The maximum atomic E-state index is 13.9. The van der Waals surface area contributed by atoms with Crippen molar-refractivity contribution >= 4 is 17.4 Å². The van der Waals surface area contributed by atoms with E-state index < -0.39 is 0 Å². The molecule has 5 nitrogen and oxygen atoms in total. The number of benzene rings is 1. The molecule has 0 spiro atoms. The van der Waals surface area contributed by atoms with Crippen molar-refractivity contribution in [3.63, 3.8) is 0 Å². The minimum atomic E-state index is -0.184. The lowest BCUT2D eigenvalue weighted by Gasteiger charge is -2.36. The molecule has 6 heteroatoms. The number of pyridine rings is 1. The molecule has 1 aromatic heterocycles. The lowest BCUT2D eigenvalue weighted by Crippen LogP contribution is -2.47. The average Bonchev–Trinajstić information content (AvgIpc) is 2.67.